The van der Waals surface area contributed by atoms with E-state index in [0.29, 0.717) is 0 Å². The smallest absolute Gasteiger partial charge is 0.0270 e. The van der Waals surface area contributed by atoms with Crippen molar-refractivity contribution < 1.29 is 0 Å². The number of aromatic nitrogens is 1. The molecule has 0 amide bonds. The van der Waals surface area contributed by atoms with Crippen molar-refractivity contribution in [3.8, 4) is 0 Å². The summed E-state index contributed by atoms with van der Waals surface area (Å²) >= 11 is 0. The molecule has 1 heteroatoms. The van der Waals surface area contributed by atoms with E-state index in [1.807, 2.05) is 12.4 Å². The van der Waals surface area contributed by atoms with E-state index in [0.717, 1.165) is 11.8 Å². The van der Waals surface area contributed by atoms with Gasteiger partial charge in [-0.3, -0.25) is 4.98 Å². The van der Waals surface area contributed by atoms with Gasteiger partial charge in [-0.2, -0.15) is 0 Å². The lowest BCUT2D eigenvalue weighted by Crippen LogP contribution is -1.94. The van der Waals surface area contributed by atoms with Gasteiger partial charge in [0.1, 0.15) is 0 Å². The third kappa shape index (κ3) is 1.84. The highest BCUT2D eigenvalue weighted by molar-refractivity contribution is 5.15. The summed E-state index contributed by atoms with van der Waals surface area (Å²) < 4.78 is 0. The summed E-state index contributed by atoms with van der Waals surface area (Å²) in [7, 11) is 0. The molecule has 1 nitrogen and oxygen atoms in total. The van der Waals surface area contributed by atoms with Gasteiger partial charge < -0.3 is 0 Å². The minimum atomic E-state index is 0.723. The zero-order valence-electron chi connectivity index (χ0n) is 7.53. The van der Waals surface area contributed by atoms with Crippen LogP contribution < -0.4 is 0 Å². The Balaban J connectivity index is 1.98. The lowest BCUT2D eigenvalue weighted by Gasteiger charge is -2.09. The SMILES string of the molecule is CC(CC1CC1)c1ccncc1. The fourth-order valence-corrected chi connectivity index (χ4v) is 1.68. The molecule has 0 aliphatic heterocycles. The first-order valence-corrected chi connectivity index (χ1v) is 4.76. The van der Waals surface area contributed by atoms with Gasteiger partial charge in [0, 0.05) is 12.4 Å². The summed E-state index contributed by atoms with van der Waals surface area (Å²) in [6.07, 6.45) is 8.05. The van der Waals surface area contributed by atoms with Crippen LogP contribution in [0, 0.1) is 5.92 Å². The van der Waals surface area contributed by atoms with Gasteiger partial charge >= 0.3 is 0 Å². The van der Waals surface area contributed by atoms with E-state index in [-0.39, 0.29) is 0 Å². The van der Waals surface area contributed by atoms with Gasteiger partial charge in [-0.05, 0) is 36.0 Å². The zero-order chi connectivity index (χ0) is 8.39. The molecule has 1 heterocycles. The first-order valence-electron chi connectivity index (χ1n) is 4.76. The molecule has 1 atom stereocenters. The molecule has 2 rings (SSSR count). The summed E-state index contributed by atoms with van der Waals surface area (Å²) in [6.45, 7) is 2.31. The number of hydrogen-bond acceptors (Lipinski definition) is 1. The molecule has 0 N–H and O–H groups in total. The lowest BCUT2D eigenvalue weighted by atomic mass is 9.97. The van der Waals surface area contributed by atoms with Crippen LogP contribution in [0.4, 0.5) is 0 Å². The van der Waals surface area contributed by atoms with Gasteiger partial charge in [-0.1, -0.05) is 19.8 Å². The maximum atomic E-state index is 4.02. The van der Waals surface area contributed by atoms with Crippen molar-refractivity contribution in [2.24, 2.45) is 5.92 Å². The molecule has 0 aromatic carbocycles. The average molecular weight is 161 g/mol. The van der Waals surface area contributed by atoms with E-state index < -0.39 is 0 Å². The van der Waals surface area contributed by atoms with E-state index in [1.54, 1.807) is 0 Å². The van der Waals surface area contributed by atoms with Gasteiger partial charge in [0.25, 0.3) is 0 Å². The summed E-state index contributed by atoms with van der Waals surface area (Å²) in [4.78, 5) is 4.02. The zero-order valence-corrected chi connectivity index (χ0v) is 7.53. The third-order valence-electron chi connectivity index (χ3n) is 2.66. The molecule has 1 saturated carbocycles. The van der Waals surface area contributed by atoms with E-state index in [1.165, 1.54) is 24.8 Å². The molecule has 64 valence electrons. The average Bonchev–Trinajstić information content (AvgIpc) is 2.90. The van der Waals surface area contributed by atoms with Crippen molar-refractivity contribution in [2.45, 2.75) is 32.1 Å². The van der Waals surface area contributed by atoms with Gasteiger partial charge in [0.2, 0.25) is 0 Å². The second-order valence-electron chi connectivity index (χ2n) is 3.86. The van der Waals surface area contributed by atoms with Crippen LogP contribution in [0.2, 0.25) is 0 Å². The molecule has 0 radical (unpaired) electrons. The molecule has 1 aromatic heterocycles. The fourth-order valence-electron chi connectivity index (χ4n) is 1.68. The van der Waals surface area contributed by atoms with Gasteiger partial charge in [0.05, 0.1) is 0 Å². The Morgan fingerprint density at radius 1 is 1.42 bits per heavy atom. The number of pyridine rings is 1. The Bertz CT molecular complexity index is 238. The summed E-state index contributed by atoms with van der Waals surface area (Å²) in [5, 5.41) is 0. The Labute approximate surface area is 73.8 Å². The minimum absolute atomic E-state index is 0.723. The molecule has 1 aliphatic carbocycles. The van der Waals surface area contributed by atoms with Crippen LogP contribution in [0.3, 0.4) is 0 Å². The first-order chi connectivity index (χ1) is 5.86. The number of hydrogen-bond donors (Lipinski definition) is 0. The maximum Gasteiger partial charge on any atom is 0.0270 e. The second-order valence-corrected chi connectivity index (χ2v) is 3.86. The summed E-state index contributed by atoms with van der Waals surface area (Å²) in [5.41, 5.74) is 1.44. The molecule has 1 aliphatic rings. The topological polar surface area (TPSA) is 12.9 Å². The van der Waals surface area contributed by atoms with Crippen LogP contribution in [0.25, 0.3) is 0 Å². The molecule has 1 fully saturated rings. The van der Waals surface area contributed by atoms with Crippen molar-refractivity contribution in [1.29, 1.82) is 0 Å². The van der Waals surface area contributed by atoms with E-state index in [9.17, 15) is 0 Å². The van der Waals surface area contributed by atoms with Crippen LogP contribution in [0.1, 0.15) is 37.7 Å². The minimum Gasteiger partial charge on any atom is -0.265 e. The number of rotatable bonds is 3. The van der Waals surface area contributed by atoms with Crippen LogP contribution >= 0.6 is 0 Å². The Hall–Kier alpha value is -0.850. The Morgan fingerprint density at radius 2 is 2.08 bits per heavy atom. The van der Waals surface area contributed by atoms with E-state index in [4.69, 9.17) is 0 Å². The summed E-state index contributed by atoms with van der Waals surface area (Å²) in [5.74, 6) is 1.74. The molecule has 12 heavy (non-hydrogen) atoms. The van der Waals surface area contributed by atoms with Crippen molar-refractivity contribution in [3.05, 3.63) is 30.1 Å². The van der Waals surface area contributed by atoms with Gasteiger partial charge in [-0.15, -0.1) is 0 Å². The molecule has 0 bridgehead atoms. The standard InChI is InChI=1S/C11H15N/c1-9(8-10-2-3-10)11-4-6-12-7-5-11/h4-7,9-10H,2-3,8H2,1H3. The molecule has 0 saturated heterocycles. The Morgan fingerprint density at radius 3 is 2.67 bits per heavy atom. The van der Waals surface area contributed by atoms with Crippen LogP contribution in [-0.4, -0.2) is 4.98 Å². The molecule has 1 unspecified atom stereocenters. The van der Waals surface area contributed by atoms with E-state index in [2.05, 4.69) is 24.0 Å². The third-order valence-corrected chi connectivity index (χ3v) is 2.66. The van der Waals surface area contributed by atoms with Crippen molar-refractivity contribution in [2.75, 3.05) is 0 Å². The van der Waals surface area contributed by atoms with Crippen molar-refractivity contribution in [1.82, 2.24) is 4.98 Å². The largest absolute Gasteiger partial charge is 0.265 e. The van der Waals surface area contributed by atoms with Crippen LogP contribution in [0.5, 0.6) is 0 Å². The van der Waals surface area contributed by atoms with Crippen molar-refractivity contribution >= 4 is 0 Å². The number of nitrogens with zero attached hydrogens (tertiary/aromatic N) is 1. The van der Waals surface area contributed by atoms with Gasteiger partial charge in [0.15, 0.2) is 0 Å². The van der Waals surface area contributed by atoms with Crippen LogP contribution in [0.15, 0.2) is 24.5 Å². The highest BCUT2D eigenvalue weighted by Crippen LogP contribution is 2.38. The fraction of sp³-hybridized carbons (Fsp3) is 0.545. The predicted octanol–water partition coefficient (Wildman–Crippen LogP) is 2.99. The van der Waals surface area contributed by atoms with Crippen molar-refractivity contribution in [3.63, 3.8) is 0 Å². The molecule has 1 aromatic rings. The predicted molar refractivity (Wildman–Crippen MR) is 50.0 cm³/mol. The Kier molecular flexibility index (Phi) is 2.11. The molecular weight excluding hydrogens is 146 g/mol. The van der Waals surface area contributed by atoms with Crippen LogP contribution in [-0.2, 0) is 0 Å². The summed E-state index contributed by atoms with van der Waals surface area (Å²) in [6, 6.07) is 4.26. The molecule has 0 spiro atoms. The maximum absolute atomic E-state index is 4.02. The lowest BCUT2D eigenvalue weighted by molar-refractivity contribution is 0.618. The molecular formula is C11H15N. The highest BCUT2D eigenvalue weighted by atomic mass is 14.6. The highest BCUT2D eigenvalue weighted by Gasteiger charge is 2.23. The monoisotopic (exact) mass is 161 g/mol. The normalized spacial score (nSPS) is 19.1. The van der Waals surface area contributed by atoms with Gasteiger partial charge in [-0.25, -0.2) is 0 Å². The van der Waals surface area contributed by atoms with E-state index >= 15 is 0 Å². The first kappa shape index (κ1) is 7.78. The quantitative estimate of drug-likeness (QED) is 0.664. The second kappa shape index (κ2) is 3.26.